The highest BCUT2D eigenvalue weighted by molar-refractivity contribution is 5.85. The highest BCUT2D eigenvalue weighted by Gasteiger charge is 2.44. The van der Waals surface area contributed by atoms with Gasteiger partial charge in [0.1, 0.15) is 11.2 Å². The molecule has 24 heavy (non-hydrogen) atoms. The van der Waals surface area contributed by atoms with Gasteiger partial charge in [0.25, 0.3) is 0 Å². The normalized spacial score (nSPS) is 22.0. The van der Waals surface area contributed by atoms with Gasteiger partial charge in [0.15, 0.2) is 0 Å². The molecule has 0 aliphatic carbocycles. The van der Waals surface area contributed by atoms with E-state index >= 15 is 0 Å². The zero-order valence-electron chi connectivity index (χ0n) is 14.4. The SMILES string of the molecule is COCC1(C(=O)O)CCCN(C(=O)C(C)c2cccc(OC)c2)C1. The van der Waals surface area contributed by atoms with Gasteiger partial charge < -0.3 is 19.5 Å². The van der Waals surface area contributed by atoms with Crippen LogP contribution in [0.1, 0.15) is 31.2 Å². The van der Waals surface area contributed by atoms with Crippen molar-refractivity contribution in [1.29, 1.82) is 0 Å². The Kier molecular flexibility index (Phi) is 5.83. The van der Waals surface area contributed by atoms with E-state index in [0.717, 1.165) is 5.56 Å². The zero-order valence-corrected chi connectivity index (χ0v) is 14.4. The first-order chi connectivity index (χ1) is 11.4. The quantitative estimate of drug-likeness (QED) is 0.862. The minimum Gasteiger partial charge on any atom is -0.497 e. The lowest BCUT2D eigenvalue weighted by Crippen LogP contribution is -2.52. The van der Waals surface area contributed by atoms with Gasteiger partial charge in [-0.15, -0.1) is 0 Å². The fourth-order valence-electron chi connectivity index (χ4n) is 3.28. The minimum absolute atomic E-state index is 0.0651. The van der Waals surface area contributed by atoms with Crippen molar-refractivity contribution in [2.45, 2.75) is 25.7 Å². The van der Waals surface area contributed by atoms with Crippen LogP contribution >= 0.6 is 0 Å². The summed E-state index contributed by atoms with van der Waals surface area (Å²) in [6.07, 6.45) is 1.18. The van der Waals surface area contributed by atoms with Crippen molar-refractivity contribution in [2.75, 3.05) is 33.9 Å². The molecule has 1 saturated heterocycles. The van der Waals surface area contributed by atoms with Crippen molar-refractivity contribution in [3.63, 3.8) is 0 Å². The predicted molar refractivity (Wildman–Crippen MR) is 89.2 cm³/mol. The molecule has 2 atom stereocenters. The Morgan fingerprint density at radius 3 is 2.75 bits per heavy atom. The van der Waals surface area contributed by atoms with E-state index in [-0.39, 0.29) is 25.0 Å². The number of aliphatic carboxylic acids is 1. The first-order valence-corrected chi connectivity index (χ1v) is 8.08. The predicted octanol–water partition coefficient (Wildman–Crippen LogP) is 2.14. The number of hydrogen-bond acceptors (Lipinski definition) is 4. The van der Waals surface area contributed by atoms with Crippen LogP contribution in [0.3, 0.4) is 0 Å². The largest absolute Gasteiger partial charge is 0.497 e. The monoisotopic (exact) mass is 335 g/mol. The topological polar surface area (TPSA) is 76.1 Å². The molecule has 1 heterocycles. The van der Waals surface area contributed by atoms with Crippen molar-refractivity contribution >= 4 is 11.9 Å². The molecule has 1 N–H and O–H groups in total. The molecule has 1 aliphatic rings. The minimum atomic E-state index is -1.02. The molecule has 2 unspecified atom stereocenters. The van der Waals surface area contributed by atoms with Crippen LogP contribution in [0.5, 0.6) is 5.75 Å². The number of hydrogen-bond donors (Lipinski definition) is 1. The van der Waals surface area contributed by atoms with Crippen LogP contribution in [0.4, 0.5) is 0 Å². The number of carbonyl (C=O) groups excluding carboxylic acids is 1. The number of nitrogens with zero attached hydrogens (tertiary/aromatic N) is 1. The van der Waals surface area contributed by atoms with Crippen LogP contribution in [0, 0.1) is 5.41 Å². The van der Waals surface area contributed by atoms with Crippen molar-refractivity contribution in [2.24, 2.45) is 5.41 Å². The molecule has 1 aromatic rings. The maximum atomic E-state index is 12.9. The number of carboxylic acids is 1. The van der Waals surface area contributed by atoms with E-state index in [1.807, 2.05) is 31.2 Å². The Balaban J connectivity index is 2.17. The Hall–Kier alpha value is -2.08. The van der Waals surface area contributed by atoms with Crippen molar-refractivity contribution in [3.8, 4) is 5.75 Å². The third-order valence-electron chi connectivity index (χ3n) is 4.73. The summed E-state index contributed by atoms with van der Waals surface area (Å²) in [5.74, 6) is -0.627. The molecule has 0 saturated carbocycles. The number of rotatable bonds is 6. The van der Waals surface area contributed by atoms with Gasteiger partial charge >= 0.3 is 5.97 Å². The summed E-state index contributed by atoms with van der Waals surface area (Å²) in [5, 5.41) is 9.61. The average molecular weight is 335 g/mol. The van der Waals surface area contributed by atoms with Gasteiger partial charge in [0.05, 0.1) is 19.6 Å². The fraction of sp³-hybridized carbons (Fsp3) is 0.556. The maximum Gasteiger partial charge on any atom is 0.313 e. The standard InChI is InChI=1S/C18H25NO5/c1-13(14-6-4-7-15(10-14)24-3)16(20)19-9-5-8-18(11-19,12-23-2)17(21)22/h4,6-7,10,13H,5,8-9,11-12H2,1-3H3,(H,21,22). The van der Waals surface area contributed by atoms with E-state index in [4.69, 9.17) is 9.47 Å². The Morgan fingerprint density at radius 1 is 1.38 bits per heavy atom. The summed E-state index contributed by atoms with van der Waals surface area (Å²) < 4.78 is 10.3. The number of likely N-dealkylation sites (tertiary alicyclic amines) is 1. The maximum absolute atomic E-state index is 12.9. The Labute approximate surface area is 142 Å². The lowest BCUT2D eigenvalue weighted by Gasteiger charge is -2.40. The summed E-state index contributed by atoms with van der Waals surface area (Å²) >= 11 is 0. The molecule has 0 aromatic heterocycles. The summed E-state index contributed by atoms with van der Waals surface area (Å²) in [4.78, 5) is 26.2. The molecular weight excluding hydrogens is 310 g/mol. The molecule has 0 spiro atoms. The molecule has 132 valence electrons. The second kappa shape index (κ2) is 7.66. The molecule has 1 amide bonds. The third-order valence-corrected chi connectivity index (χ3v) is 4.73. The van der Waals surface area contributed by atoms with Crippen molar-refractivity contribution in [3.05, 3.63) is 29.8 Å². The van der Waals surface area contributed by atoms with Gasteiger partial charge in [-0.1, -0.05) is 12.1 Å². The summed E-state index contributed by atoms with van der Waals surface area (Å²) in [6.45, 7) is 2.71. The molecule has 1 aliphatic heterocycles. The van der Waals surface area contributed by atoms with Crippen LogP contribution in [0.25, 0.3) is 0 Å². The van der Waals surface area contributed by atoms with E-state index in [0.29, 0.717) is 25.1 Å². The van der Waals surface area contributed by atoms with Crippen LogP contribution < -0.4 is 4.74 Å². The van der Waals surface area contributed by atoms with Crippen LogP contribution in [-0.4, -0.2) is 55.8 Å². The van der Waals surface area contributed by atoms with Crippen LogP contribution in [0.15, 0.2) is 24.3 Å². The number of piperidine rings is 1. The number of amides is 1. The van der Waals surface area contributed by atoms with E-state index < -0.39 is 11.4 Å². The molecule has 1 aromatic carbocycles. The number of methoxy groups -OCH3 is 2. The smallest absolute Gasteiger partial charge is 0.313 e. The lowest BCUT2D eigenvalue weighted by molar-refractivity contribution is -0.159. The number of carbonyl (C=O) groups is 2. The third kappa shape index (κ3) is 3.70. The fourth-order valence-corrected chi connectivity index (χ4v) is 3.28. The van der Waals surface area contributed by atoms with Gasteiger partial charge in [-0.25, -0.2) is 0 Å². The average Bonchev–Trinajstić information content (AvgIpc) is 2.60. The van der Waals surface area contributed by atoms with E-state index in [9.17, 15) is 14.7 Å². The van der Waals surface area contributed by atoms with E-state index in [1.165, 1.54) is 7.11 Å². The highest BCUT2D eigenvalue weighted by atomic mass is 16.5. The Bertz CT molecular complexity index is 599. The number of carboxylic acid groups (broad SMARTS) is 1. The molecule has 0 bridgehead atoms. The molecule has 2 rings (SSSR count). The molecule has 0 radical (unpaired) electrons. The summed E-state index contributed by atoms with van der Waals surface area (Å²) in [5.41, 5.74) is -0.158. The van der Waals surface area contributed by atoms with Crippen LogP contribution in [0.2, 0.25) is 0 Å². The molecule has 6 heteroatoms. The molecular formula is C18H25NO5. The van der Waals surface area contributed by atoms with Gasteiger partial charge in [-0.3, -0.25) is 9.59 Å². The molecule has 1 fully saturated rings. The van der Waals surface area contributed by atoms with Gasteiger partial charge in [-0.2, -0.15) is 0 Å². The summed E-state index contributed by atoms with van der Waals surface area (Å²) in [7, 11) is 3.08. The first-order valence-electron chi connectivity index (χ1n) is 8.08. The van der Waals surface area contributed by atoms with Gasteiger partial charge in [-0.05, 0) is 37.5 Å². The Morgan fingerprint density at radius 2 is 2.12 bits per heavy atom. The highest BCUT2D eigenvalue weighted by Crippen LogP contribution is 2.33. The van der Waals surface area contributed by atoms with E-state index in [2.05, 4.69) is 0 Å². The number of benzene rings is 1. The second-order valence-corrected chi connectivity index (χ2v) is 6.38. The van der Waals surface area contributed by atoms with Crippen molar-refractivity contribution < 1.29 is 24.2 Å². The van der Waals surface area contributed by atoms with Gasteiger partial charge in [0.2, 0.25) is 5.91 Å². The van der Waals surface area contributed by atoms with Gasteiger partial charge in [0, 0.05) is 20.2 Å². The number of ether oxygens (including phenoxy) is 2. The lowest BCUT2D eigenvalue weighted by atomic mass is 9.80. The summed E-state index contributed by atoms with van der Waals surface area (Å²) in [6, 6.07) is 7.40. The first kappa shape index (κ1) is 18.3. The van der Waals surface area contributed by atoms with Crippen molar-refractivity contribution in [1.82, 2.24) is 4.90 Å². The van der Waals surface area contributed by atoms with Crippen LogP contribution in [-0.2, 0) is 14.3 Å². The molecule has 6 nitrogen and oxygen atoms in total. The van der Waals surface area contributed by atoms with E-state index in [1.54, 1.807) is 12.0 Å². The zero-order chi connectivity index (χ0) is 17.7. The second-order valence-electron chi connectivity index (χ2n) is 6.38.